The first-order valence-corrected chi connectivity index (χ1v) is 12.7. The zero-order chi connectivity index (χ0) is 25.0. The number of hydrogen-bond donors (Lipinski definition) is 1. The van der Waals surface area contributed by atoms with Crippen LogP contribution >= 0.6 is 0 Å². The lowest BCUT2D eigenvalue weighted by molar-refractivity contribution is -0.938. The molecule has 3 aromatic carbocycles. The Hall–Kier alpha value is -3.35. The number of carbonyl (C=O) groups is 2. The van der Waals surface area contributed by atoms with Gasteiger partial charge in [0.2, 0.25) is 5.78 Å². The third kappa shape index (κ3) is 5.55. The molecule has 2 atom stereocenters. The van der Waals surface area contributed by atoms with Crippen molar-refractivity contribution < 1.29 is 23.2 Å². The number of Topliss-reactive ketones (excluding diaryl/α,β-unsaturated/α-hetero) is 1. The van der Waals surface area contributed by atoms with Crippen molar-refractivity contribution in [2.24, 2.45) is 5.92 Å². The molecule has 2 bridgehead atoms. The van der Waals surface area contributed by atoms with E-state index in [0.29, 0.717) is 30.0 Å². The van der Waals surface area contributed by atoms with Crippen LogP contribution in [0.5, 0.6) is 0 Å². The molecule has 3 aromatic rings. The van der Waals surface area contributed by atoms with Crippen molar-refractivity contribution in [2.45, 2.75) is 31.5 Å². The van der Waals surface area contributed by atoms with E-state index in [1.165, 1.54) is 12.1 Å². The van der Waals surface area contributed by atoms with Crippen molar-refractivity contribution in [1.82, 2.24) is 5.32 Å². The Bertz CT molecular complexity index is 1180. The van der Waals surface area contributed by atoms with Gasteiger partial charge in [-0.25, -0.2) is 9.18 Å². The summed E-state index contributed by atoms with van der Waals surface area (Å²) in [6.07, 6.45) is 1.71. The highest BCUT2D eigenvalue weighted by Gasteiger charge is 2.49. The van der Waals surface area contributed by atoms with Gasteiger partial charge in [-0.2, -0.15) is 0 Å². The zero-order valence-corrected chi connectivity index (χ0v) is 20.3. The Kier molecular flexibility index (Phi) is 7.25. The maximum Gasteiger partial charge on any atom is 0.328 e. The number of nitrogens with one attached hydrogen (secondary N) is 1. The van der Waals surface area contributed by atoms with Crippen LogP contribution in [0.3, 0.4) is 0 Å². The molecule has 6 heteroatoms. The lowest BCUT2D eigenvalue weighted by atomic mass is 9.82. The molecule has 3 aliphatic rings. The number of fused-ring (bicyclic) bond motifs is 3. The number of nitrogens with zero attached hydrogens (tertiary/aromatic N) is 1. The maximum absolute atomic E-state index is 13.5. The second kappa shape index (κ2) is 10.7. The number of ketones is 1. The Morgan fingerprint density at radius 1 is 0.917 bits per heavy atom. The number of rotatable bonds is 9. The summed E-state index contributed by atoms with van der Waals surface area (Å²) in [5.74, 6) is -0.129. The topological polar surface area (TPSA) is 55.4 Å². The zero-order valence-electron chi connectivity index (χ0n) is 20.3. The second-order valence-electron chi connectivity index (χ2n) is 10.1. The fourth-order valence-electron chi connectivity index (χ4n) is 5.62. The summed E-state index contributed by atoms with van der Waals surface area (Å²) in [7, 11) is 0. The van der Waals surface area contributed by atoms with Crippen LogP contribution in [0.4, 0.5) is 4.39 Å². The highest BCUT2D eigenvalue weighted by Crippen LogP contribution is 2.36. The highest BCUT2D eigenvalue weighted by molar-refractivity contribution is 5.97. The molecule has 0 aromatic heterocycles. The van der Waals surface area contributed by atoms with Crippen molar-refractivity contribution in [3.05, 3.63) is 107 Å². The van der Waals surface area contributed by atoms with Crippen molar-refractivity contribution in [2.75, 3.05) is 26.2 Å². The van der Waals surface area contributed by atoms with Gasteiger partial charge in [-0.15, -0.1) is 0 Å². The van der Waals surface area contributed by atoms with E-state index in [9.17, 15) is 14.0 Å². The summed E-state index contributed by atoms with van der Waals surface area (Å²) in [5.41, 5.74) is 2.45. The molecule has 0 saturated carbocycles. The van der Waals surface area contributed by atoms with E-state index < -0.39 is 6.04 Å². The number of piperidine rings is 3. The fourth-order valence-corrected chi connectivity index (χ4v) is 5.62. The molecule has 186 valence electrons. The second-order valence-corrected chi connectivity index (χ2v) is 10.1. The maximum atomic E-state index is 13.5. The average Bonchev–Trinajstić information content (AvgIpc) is 2.91. The van der Waals surface area contributed by atoms with E-state index in [0.717, 1.165) is 42.6 Å². The van der Waals surface area contributed by atoms with Gasteiger partial charge in [-0.1, -0.05) is 72.8 Å². The van der Waals surface area contributed by atoms with E-state index in [-0.39, 0.29) is 23.7 Å². The van der Waals surface area contributed by atoms with Gasteiger partial charge in [0.1, 0.15) is 24.9 Å². The molecule has 1 unspecified atom stereocenters. The van der Waals surface area contributed by atoms with E-state index in [1.807, 2.05) is 60.7 Å². The lowest BCUT2D eigenvalue weighted by Crippen LogP contribution is -2.65. The monoisotopic (exact) mass is 487 g/mol. The number of benzene rings is 3. The van der Waals surface area contributed by atoms with Crippen molar-refractivity contribution >= 4 is 11.8 Å². The lowest BCUT2D eigenvalue weighted by Gasteiger charge is -2.51. The molecule has 3 fully saturated rings. The Morgan fingerprint density at radius 3 is 2.22 bits per heavy atom. The molecule has 3 saturated heterocycles. The largest absolute Gasteiger partial charge is 0.455 e. The molecule has 0 aliphatic carbocycles. The van der Waals surface area contributed by atoms with Crippen LogP contribution in [0.15, 0.2) is 84.9 Å². The van der Waals surface area contributed by atoms with Gasteiger partial charge in [0, 0.05) is 30.9 Å². The SMILES string of the molecule is O=C(C[N+]12CCC(CC1)[C@@H](OC(=O)C(NCc1ccc(F)cc1)c1ccccc1)C2)c1ccccc1. The summed E-state index contributed by atoms with van der Waals surface area (Å²) in [6.45, 7) is 3.42. The molecule has 3 heterocycles. The van der Waals surface area contributed by atoms with Gasteiger partial charge in [0.15, 0.2) is 6.10 Å². The van der Waals surface area contributed by atoms with Crippen LogP contribution < -0.4 is 5.32 Å². The van der Waals surface area contributed by atoms with Gasteiger partial charge >= 0.3 is 5.97 Å². The van der Waals surface area contributed by atoms with Crippen LogP contribution in [-0.4, -0.2) is 48.5 Å². The molecule has 5 nitrogen and oxygen atoms in total. The molecule has 6 rings (SSSR count). The first-order chi connectivity index (χ1) is 17.5. The fraction of sp³-hybridized carbons (Fsp3) is 0.333. The van der Waals surface area contributed by atoms with Gasteiger partial charge < -0.3 is 9.22 Å². The van der Waals surface area contributed by atoms with Crippen molar-refractivity contribution in [3.63, 3.8) is 0 Å². The smallest absolute Gasteiger partial charge is 0.328 e. The first kappa shape index (κ1) is 24.3. The molecular formula is C30H32FN2O3+. The van der Waals surface area contributed by atoms with Crippen LogP contribution in [0, 0.1) is 11.7 Å². The number of halogens is 1. The molecule has 1 N–H and O–H groups in total. The molecular weight excluding hydrogens is 455 g/mol. The van der Waals surface area contributed by atoms with Crippen molar-refractivity contribution in [3.8, 4) is 0 Å². The number of carbonyl (C=O) groups excluding carboxylic acids is 2. The third-order valence-corrected chi connectivity index (χ3v) is 7.68. The predicted octanol–water partition coefficient (Wildman–Crippen LogP) is 4.69. The predicted molar refractivity (Wildman–Crippen MR) is 136 cm³/mol. The molecule has 0 radical (unpaired) electrons. The van der Waals surface area contributed by atoms with Crippen LogP contribution in [0.1, 0.15) is 40.4 Å². The van der Waals surface area contributed by atoms with Crippen molar-refractivity contribution in [1.29, 1.82) is 0 Å². The minimum absolute atomic E-state index is 0.143. The minimum atomic E-state index is -0.633. The summed E-state index contributed by atoms with van der Waals surface area (Å²) >= 11 is 0. The number of quaternary nitrogens is 1. The quantitative estimate of drug-likeness (QED) is 0.270. The van der Waals surface area contributed by atoms with E-state index in [4.69, 9.17) is 4.74 Å². The van der Waals surface area contributed by atoms with Gasteiger partial charge in [-0.3, -0.25) is 10.1 Å². The molecule has 3 aliphatic heterocycles. The Morgan fingerprint density at radius 2 is 1.56 bits per heavy atom. The molecule has 0 amide bonds. The summed E-state index contributed by atoms with van der Waals surface area (Å²) in [5, 5.41) is 3.31. The van der Waals surface area contributed by atoms with Crippen LogP contribution in [0.2, 0.25) is 0 Å². The summed E-state index contributed by atoms with van der Waals surface area (Å²) in [4.78, 5) is 26.5. The van der Waals surface area contributed by atoms with Crippen LogP contribution in [0.25, 0.3) is 0 Å². The average molecular weight is 488 g/mol. The normalized spacial score (nSPS) is 23.7. The first-order valence-electron chi connectivity index (χ1n) is 12.7. The molecule has 36 heavy (non-hydrogen) atoms. The summed E-state index contributed by atoms with van der Waals surface area (Å²) < 4.78 is 20.2. The number of hydrogen-bond acceptors (Lipinski definition) is 4. The van der Waals surface area contributed by atoms with E-state index >= 15 is 0 Å². The highest BCUT2D eigenvalue weighted by atomic mass is 19.1. The summed E-state index contributed by atoms with van der Waals surface area (Å²) in [6, 6.07) is 24.6. The standard InChI is InChI=1S/C30H32FN2O3/c31-26-13-11-22(12-14-26)19-32-29(25-9-5-2-6-10-25)30(35)36-28-21-33(17-15-24(28)16-18-33)20-27(34)23-7-3-1-4-8-23/h1-14,24,28-29,32H,15-21H2/q+1/t24?,28-,29?,33?/m0/s1. The Labute approximate surface area is 211 Å². The van der Waals surface area contributed by atoms with Gasteiger partial charge in [0.05, 0.1) is 13.1 Å². The van der Waals surface area contributed by atoms with Gasteiger partial charge in [0.25, 0.3) is 0 Å². The van der Waals surface area contributed by atoms with Crippen LogP contribution in [-0.2, 0) is 16.1 Å². The number of esters is 1. The van der Waals surface area contributed by atoms with Gasteiger partial charge in [-0.05, 0) is 23.3 Å². The molecule has 0 spiro atoms. The third-order valence-electron chi connectivity index (χ3n) is 7.68. The van der Waals surface area contributed by atoms with E-state index in [2.05, 4.69) is 5.32 Å². The Balaban J connectivity index is 1.28. The van der Waals surface area contributed by atoms with E-state index in [1.54, 1.807) is 12.1 Å². The number of ether oxygens (including phenoxy) is 1. The minimum Gasteiger partial charge on any atom is -0.455 e.